The van der Waals surface area contributed by atoms with Gasteiger partial charge in [0.2, 0.25) is 0 Å². The second-order valence-electron chi connectivity index (χ2n) is 5.44. The zero-order valence-electron chi connectivity index (χ0n) is 13.8. The molecule has 3 rings (SSSR count). The van der Waals surface area contributed by atoms with Crippen LogP contribution in [0, 0.1) is 0 Å². The van der Waals surface area contributed by atoms with Crippen LogP contribution in [0.1, 0.15) is 18.2 Å². The first-order chi connectivity index (χ1) is 11.9. The van der Waals surface area contributed by atoms with E-state index >= 15 is 0 Å². The molecular formula is C19H22N4O. The van der Waals surface area contributed by atoms with Gasteiger partial charge in [-0.05, 0) is 30.7 Å². The molecule has 0 aliphatic carbocycles. The summed E-state index contributed by atoms with van der Waals surface area (Å²) in [6.07, 6.45) is 4.34. The maximum Gasteiger partial charge on any atom is 0.191 e. The lowest BCUT2D eigenvalue weighted by Crippen LogP contribution is -2.38. The van der Waals surface area contributed by atoms with Gasteiger partial charge in [0, 0.05) is 31.1 Å². The van der Waals surface area contributed by atoms with Gasteiger partial charge in [0.05, 0.1) is 18.3 Å². The standard InChI is InChI=1S/C19H22N4O/c1-2-20-19(22-12-10-17-9-5-13-24-17)23-14-16-7-3-6-15-8-4-11-21-18(15)16/h3-9,11,13H,2,10,12,14H2,1H3,(H2,20,22,23). The number of guanidine groups is 1. The van der Waals surface area contributed by atoms with Gasteiger partial charge in [-0.15, -0.1) is 0 Å². The summed E-state index contributed by atoms with van der Waals surface area (Å²) < 4.78 is 5.34. The molecule has 5 heteroatoms. The highest BCUT2D eigenvalue weighted by Crippen LogP contribution is 2.16. The van der Waals surface area contributed by atoms with E-state index in [1.54, 1.807) is 6.26 Å². The highest BCUT2D eigenvalue weighted by Gasteiger charge is 2.03. The Kier molecular flexibility index (Phi) is 5.45. The lowest BCUT2D eigenvalue weighted by atomic mass is 10.1. The molecule has 0 saturated heterocycles. The largest absolute Gasteiger partial charge is 0.469 e. The number of aromatic nitrogens is 1. The Bertz CT molecular complexity index is 791. The second kappa shape index (κ2) is 8.15. The van der Waals surface area contributed by atoms with E-state index in [0.29, 0.717) is 6.54 Å². The van der Waals surface area contributed by atoms with Gasteiger partial charge in [-0.2, -0.15) is 0 Å². The Labute approximate surface area is 141 Å². The van der Waals surface area contributed by atoms with Crippen LogP contribution in [-0.2, 0) is 13.0 Å². The number of para-hydroxylation sites is 1. The van der Waals surface area contributed by atoms with Crippen molar-refractivity contribution in [1.82, 2.24) is 15.6 Å². The molecule has 2 aromatic heterocycles. The number of hydrogen-bond donors (Lipinski definition) is 2. The summed E-state index contributed by atoms with van der Waals surface area (Å²) in [4.78, 5) is 9.16. The molecule has 0 spiro atoms. The number of pyridine rings is 1. The van der Waals surface area contributed by atoms with E-state index in [-0.39, 0.29) is 0 Å². The number of hydrogen-bond acceptors (Lipinski definition) is 3. The van der Waals surface area contributed by atoms with Crippen molar-refractivity contribution >= 4 is 16.9 Å². The molecule has 0 unspecified atom stereocenters. The Balaban J connectivity index is 1.66. The predicted molar refractivity (Wildman–Crippen MR) is 97.0 cm³/mol. The normalized spacial score (nSPS) is 11.6. The second-order valence-corrected chi connectivity index (χ2v) is 5.44. The van der Waals surface area contributed by atoms with Gasteiger partial charge in [-0.1, -0.05) is 24.3 Å². The number of rotatable bonds is 6. The van der Waals surface area contributed by atoms with Gasteiger partial charge in [0.1, 0.15) is 5.76 Å². The zero-order chi connectivity index (χ0) is 16.6. The minimum atomic E-state index is 0.588. The van der Waals surface area contributed by atoms with Crippen molar-refractivity contribution in [1.29, 1.82) is 0 Å². The van der Waals surface area contributed by atoms with Gasteiger partial charge >= 0.3 is 0 Å². The number of benzene rings is 1. The van der Waals surface area contributed by atoms with E-state index in [9.17, 15) is 0 Å². The Hall–Kier alpha value is -2.82. The van der Waals surface area contributed by atoms with Gasteiger partial charge < -0.3 is 15.1 Å². The highest BCUT2D eigenvalue weighted by molar-refractivity contribution is 5.83. The van der Waals surface area contributed by atoms with Crippen molar-refractivity contribution in [3.63, 3.8) is 0 Å². The number of fused-ring (bicyclic) bond motifs is 1. The van der Waals surface area contributed by atoms with Crippen molar-refractivity contribution in [2.75, 3.05) is 13.1 Å². The van der Waals surface area contributed by atoms with E-state index in [1.165, 1.54) is 0 Å². The Morgan fingerprint density at radius 1 is 1.12 bits per heavy atom. The van der Waals surface area contributed by atoms with E-state index in [2.05, 4.69) is 45.7 Å². The Morgan fingerprint density at radius 2 is 2.04 bits per heavy atom. The van der Waals surface area contributed by atoms with E-state index in [4.69, 9.17) is 4.42 Å². The van der Waals surface area contributed by atoms with E-state index in [0.717, 1.165) is 47.7 Å². The molecule has 2 heterocycles. The van der Waals surface area contributed by atoms with Crippen LogP contribution >= 0.6 is 0 Å². The lowest BCUT2D eigenvalue weighted by molar-refractivity contribution is 0.507. The smallest absolute Gasteiger partial charge is 0.191 e. The third-order valence-electron chi connectivity index (χ3n) is 3.71. The van der Waals surface area contributed by atoms with Crippen molar-refractivity contribution in [2.45, 2.75) is 19.9 Å². The molecule has 0 bridgehead atoms. The molecule has 0 radical (unpaired) electrons. The maximum atomic E-state index is 5.34. The summed E-state index contributed by atoms with van der Waals surface area (Å²) in [5.41, 5.74) is 2.13. The quantitative estimate of drug-likeness (QED) is 0.541. The third-order valence-corrected chi connectivity index (χ3v) is 3.71. The van der Waals surface area contributed by atoms with Crippen molar-refractivity contribution in [2.24, 2.45) is 4.99 Å². The fourth-order valence-corrected chi connectivity index (χ4v) is 2.56. The summed E-state index contributed by atoms with van der Waals surface area (Å²) in [5.74, 6) is 1.77. The van der Waals surface area contributed by atoms with Crippen LogP contribution in [0.3, 0.4) is 0 Å². The molecule has 2 N–H and O–H groups in total. The first-order valence-electron chi connectivity index (χ1n) is 8.24. The summed E-state index contributed by atoms with van der Waals surface area (Å²) in [6.45, 7) is 4.24. The molecule has 124 valence electrons. The minimum Gasteiger partial charge on any atom is -0.469 e. The molecule has 1 aromatic carbocycles. The average Bonchev–Trinajstić information content (AvgIpc) is 3.13. The molecule has 0 amide bonds. The predicted octanol–water partition coefficient (Wildman–Crippen LogP) is 3.13. The average molecular weight is 322 g/mol. The molecular weight excluding hydrogens is 300 g/mol. The highest BCUT2D eigenvalue weighted by atomic mass is 16.3. The lowest BCUT2D eigenvalue weighted by Gasteiger charge is -2.11. The SMILES string of the molecule is CCNC(=NCc1cccc2cccnc12)NCCc1ccco1. The summed E-state index contributed by atoms with van der Waals surface area (Å²) in [5, 5.41) is 7.74. The zero-order valence-corrected chi connectivity index (χ0v) is 13.8. The topological polar surface area (TPSA) is 62.5 Å². The van der Waals surface area contributed by atoms with Crippen molar-refractivity contribution in [3.05, 3.63) is 66.2 Å². The van der Waals surface area contributed by atoms with Crippen LogP contribution in [0.4, 0.5) is 0 Å². The van der Waals surface area contributed by atoms with Gasteiger partial charge in [0.25, 0.3) is 0 Å². The first kappa shape index (κ1) is 16.1. The first-order valence-corrected chi connectivity index (χ1v) is 8.24. The number of aliphatic imine (C=N–C) groups is 1. The monoisotopic (exact) mass is 322 g/mol. The van der Waals surface area contributed by atoms with Crippen molar-refractivity contribution in [3.8, 4) is 0 Å². The molecule has 0 aliphatic rings. The third kappa shape index (κ3) is 4.13. The van der Waals surface area contributed by atoms with Crippen LogP contribution in [0.2, 0.25) is 0 Å². The maximum absolute atomic E-state index is 5.34. The van der Waals surface area contributed by atoms with Gasteiger partial charge in [0.15, 0.2) is 5.96 Å². The molecule has 5 nitrogen and oxygen atoms in total. The van der Waals surface area contributed by atoms with E-state index < -0.39 is 0 Å². The Morgan fingerprint density at radius 3 is 2.88 bits per heavy atom. The molecule has 0 aliphatic heterocycles. The fraction of sp³-hybridized carbons (Fsp3) is 0.263. The van der Waals surface area contributed by atoms with Crippen LogP contribution in [-0.4, -0.2) is 24.0 Å². The molecule has 0 saturated carbocycles. The van der Waals surface area contributed by atoms with Gasteiger partial charge in [-0.25, -0.2) is 4.99 Å². The molecule has 24 heavy (non-hydrogen) atoms. The van der Waals surface area contributed by atoms with Crippen molar-refractivity contribution < 1.29 is 4.42 Å². The number of nitrogens with zero attached hydrogens (tertiary/aromatic N) is 2. The van der Waals surface area contributed by atoms with Crippen LogP contribution in [0.5, 0.6) is 0 Å². The number of nitrogens with one attached hydrogen (secondary N) is 2. The fourth-order valence-electron chi connectivity index (χ4n) is 2.56. The van der Waals surface area contributed by atoms with Gasteiger partial charge in [-0.3, -0.25) is 4.98 Å². The minimum absolute atomic E-state index is 0.588. The summed E-state index contributed by atoms with van der Waals surface area (Å²) in [7, 11) is 0. The summed E-state index contributed by atoms with van der Waals surface area (Å²) >= 11 is 0. The molecule has 0 atom stereocenters. The van der Waals surface area contributed by atoms with Crippen LogP contribution in [0.15, 0.2) is 64.3 Å². The molecule has 3 aromatic rings. The van der Waals surface area contributed by atoms with Crippen LogP contribution in [0.25, 0.3) is 10.9 Å². The summed E-state index contributed by atoms with van der Waals surface area (Å²) in [6, 6.07) is 14.1. The van der Waals surface area contributed by atoms with Crippen LogP contribution < -0.4 is 10.6 Å². The van der Waals surface area contributed by atoms with E-state index in [1.807, 2.05) is 30.5 Å². The number of furan rings is 1. The molecule has 0 fully saturated rings.